The van der Waals surface area contributed by atoms with E-state index in [9.17, 15) is 9.59 Å². The largest absolute Gasteiger partial charge is 0.477 e. The highest BCUT2D eigenvalue weighted by Gasteiger charge is 2.17. The van der Waals surface area contributed by atoms with Crippen molar-refractivity contribution in [3.8, 4) is 0 Å². The highest BCUT2D eigenvalue weighted by atomic mass is 79.9. The summed E-state index contributed by atoms with van der Waals surface area (Å²) in [5, 5.41) is 13.5. The van der Waals surface area contributed by atoms with E-state index in [-0.39, 0.29) is 17.8 Å². The molecule has 0 aliphatic carbocycles. The molecule has 0 atom stereocenters. The van der Waals surface area contributed by atoms with Gasteiger partial charge in [0.15, 0.2) is 0 Å². The van der Waals surface area contributed by atoms with Gasteiger partial charge in [-0.2, -0.15) is 5.10 Å². The summed E-state index contributed by atoms with van der Waals surface area (Å²) in [5.74, 6) is -1.13. The Morgan fingerprint density at radius 3 is 2.70 bits per heavy atom. The summed E-state index contributed by atoms with van der Waals surface area (Å²) in [6.45, 7) is 2.14. The van der Waals surface area contributed by atoms with Crippen LogP contribution in [0.3, 0.4) is 0 Å². The molecule has 0 spiro atoms. The van der Waals surface area contributed by atoms with Crippen LogP contribution in [-0.4, -0.2) is 25.4 Å². The predicted molar refractivity (Wildman–Crippen MR) is 77.0 cm³/mol. The van der Waals surface area contributed by atoms with Crippen LogP contribution in [0.25, 0.3) is 0 Å². The van der Waals surface area contributed by atoms with Crippen LogP contribution >= 0.6 is 15.9 Å². The number of nitrogens with zero attached hydrogens (tertiary/aromatic N) is 3. The van der Waals surface area contributed by atoms with Crippen molar-refractivity contribution in [1.29, 1.82) is 0 Å². The zero-order valence-electron chi connectivity index (χ0n) is 11.1. The van der Waals surface area contributed by atoms with Crippen molar-refractivity contribution in [3.63, 3.8) is 0 Å². The fraction of sp³-hybridized carbons (Fsp3) is 0.308. The molecule has 0 saturated heterocycles. The average Bonchev–Trinajstić information content (AvgIpc) is 2.67. The van der Waals surface area contributed by atoms with Gasteiger partial charge in [0.2, 0.25) is 0 Å². The Morgan fingerprint density at radius 1 is 1.45 bits per heavy atom. The Balaban J connectivity index is 2.53. The van der Waals surface area contributed by atoms with Crippen LogP contribution in [-0.2, 0) is 20.0 Å². The maximum Gasteiger partial charge on any atom is 0.352 e. The normalized spacial score (nSPS) is 10.8. The van der Waals surface area contributed by atoms with Gasteiger partial charge < -0.3 is 5.11 Å². The summed E-state index contributed by atoms with van der Waals surface area (Å²) in [6.07, 6.45) is 0.754. The van der Waals surface area contributed by atoms with Gasteiger partial charge in [-0.1, -0.05) is 13.0 Å². The minimum absolute atomic E-state index is 0.0383. The molecule has 0 radical (unpaired) electrons. The highest BCUT2D eigenvalue weighted by molar-refractivity contribution is 9.10. The molecule has 0 amide bonds. The van der Waals surface area contributed by atoms with Crippen LogP contribution in [0, 0.1) is 0 Å². The van der Waals surface area contributed by atoms with Gasteiger partial charge in [0.25, 0.3) is 5.56 Å². The number of rotatable bonds is 4. The standard InChI is InChI=1S/C13H14BrN3O3/c1-3-8-12(14)10(16(2)15-8)7-17-9(13(19)20)5-4-6-11(17)18/h4-6H,3,7H2,1-2H3,(H,19,20). The zero-order valence-corrected chi connectivity index (χ0v) is 12.7. The van der Waals surface area contributed by atoms with E-state index in [1.807, 2.05) is 6.92 Å². The zero-order chi connectivity index (χ0) is 14.9. The smallest absolute Gasteiger partial charge is 0.352 e. The van der Waals surface area contributed by atoms with Gasteiger partial charge in [-0.15, -0.1) is 0 Å². The van der Waals surface area contributed by atoms with Crippen LogP contribution in [0.2, 0.25) is 0 Å². The lowest BCUT2D eigenvalue weighted by Crippen LogP contribution is -2.26. The Labute approximate surface area is 123 Å². The summed E-state index contributed by atoms with van der Waals surface area (Å²) in [7, 11) is 1.77. The number of hydrogen-bond acceptors (Lipinski definition) is 3. The first-order valence-corrected chi connectivity index (χ1v) is 6.88. The monoisotopic (exact) mass is 339 g/mol. The van der Waals surface area contributed by atoms with Crippen molar-refractivity contribution in [1.82, 2.24) is 14.3 Å². The minimum Gasteiger partial charge on any atom is -0.477 e. The molecule has 2 rings (SSSR count). The molecular formula is C13H14BrN3O3. The van der Waals surface area contributed by atoms with Gasteiger partial charge in [-0.3, -0.25) is 14.0 Å². The second-order valence-corrected chi connectivity index (χ2v) is 5.12. The fourth-order valence-electron chi connectivity index (χ4n) is 2.01. The Bertz CT molecular complexity index is 718. The Morgan fingerprint density at radius 2 is 2.15 bits per heavy atom. The average molecular weight is 340 g/mol. The van der Waals surface area contributed by atoms with E-state index in [0.717, 1.165) is 22.3 Å². The van der Waals surface area contributed by atoms with E-state index in [0.29, 0.717) is 0 Å². The Kier molecular flexibility index (Phi) is 4.08. The molecule has 2 aromatic rings. The van der Waals surface area contributed by atoms with Crippen molar-refractivity contribution < 1.29 is 9.90 Å². The lowest BCUT2D eigenvalue weighted by molar-refractivity contribution is 0.0684. The third-order valence-electron chi connectivity index (χ3n) is 3.08. The number of aromatic nitrogens is 3. The molecule has 0 bridgehead atoms. The molecule has 0 fully saturated rings. The van der Waals surface area contributed by atoms with E-state index in [2.05, 4.69) is 21.0 Å². The molecule has 0 aliphatic heterocycles. The molecule has 1 N–H and O–H groups in total. The number of carboxylic acid groups (broad SMARTS) is 1. The number of carbonyl (C=O) groups is 1. The topological polar surface area (TPSA) is 77.1 Å². The minimum atomic E-state index is -1.13. The van der Waals surface area contributed by atoms with Gasteiger partial charge in [0, 0.05) is 13.1 Å². The number of aryl methyl sites for hydroxylation is 2. The summed E-state index contributed by atoms with van der Waals surface area (Å²) in [5.41, 5.74) is 1.25. The SMILES string of the molecule is CCc1nn(C)c(Cn2c(C(=O)O)cccc2=O)c1Br. The summed E-state index contributed by atoms with van der Waals surface area (Å²) in [4.78, 5) is 23.1. The van der Waals surface area contributed by atoms with Gasteiger partial charge in [-0.05, 0) is 28.4 Å². The molecule has 2 heterocycles. The van der Waals surface area contributed by atoms with Crippen molar-refractivity contribution in [2.75, 3.05) is 0 Å². The number of pyridine rings is 1. The lowest BCUT2D eigenvalue weighted by atomic mass is 10.2. The van der Waals surface area contributed by atoms with Crippen LogP contribution in [0.1, 0.15) is 28.8 Å². The Hall–Kier alpha value is -1.89. The predicted octanol–water partition coefficient (Wildman–Crippen LogP) is 1.65. The molecule has 20 heavy (non-hydrogen) atoms. The van der Waals surface area contributed by atoms with E-state index >= 15 is 0 Å². The van der Waals surface area contributed by atoms with Gasteiger partial charge in [0.1, 0.15) is 5.69 Å². The first-order chi connectivity index (χ1) is 9.45. The number of hydrogen-bond donors (Lipinski definition) is 1. The van der Waals surface area contributed by atoms with Crippen molar-refractivity contribution in [2.24, 2.45) is 7.05 Å². The fourth-order valence-corrected chi connectivity index (χ4v) is 2.75. The second-order valence-electron chi connectivity index (χ2n) is 4.33. The van der Waals surface area contributed by atoms with E-state index < -0.39 is 5.97 Å². The van der Waals surface area contributed by atoms with Crippen LogP contribution in [0.15, 0.2) is 27.5 Å². The first-order valence-electron chi connectivity index (χ1n) is 6.09. The van der Waals surface area contributed by atoms with Crippen molar-refractivity contribution in [3.05, 3.63) is 50.1 Å². The third-order valence-corrected chi connectivity index (χ3v) is 4.00. The number of halogens is 1. The van der Waals surface area contributed by atoms with Gasteiger partial charge in [0.05, 0.1) is 22.4 Å². The van der Waals surface area contributed by atoms with Gasteiger partial charge in [-0.25, -0.2) is 4.79 Å². The summed E-state index contributed by atoms with van der Waals surface area (Å²) < 4.78 is 3.70. The van der Waals surface area contributed by atoms with Crippen LogP contribution in [0.5, 0.6) is 0 Å². The molecule has 7 heteroatoms. The quantitative estimate of drug-likeness (QED) is 0.918. The second kappa shape index (κ2) is 5.62. The molecule has 0 aliphatic rings. The van der Waals surface area contributed by atoms with Crippen molar-refractivity contribution >= 4 is 21.9 Å². The molecule has 0 unspecified atom stereocenters. The molecule has 2 aromatic heterocycles. The summed E-state index contributed by atoms with van der Waals surface area (Å²) >= 11 is 3.46. The molecular weight excluding hydrogens is 326 g/mol. The molecule has 0 aromatic carbocycles. The first kappa shape index (κ1) is 14.5. The lowest BCUT2D eigenvalue weighted by Gasteiger charge is -2.10. The maximum atomic E-state index is 11.9. The molecule has 106 valence electrons. The van der Waals surface area contributed by atoms with Crippen LogP contribution < -0.4 is 5.56 Å². The van der Waals surface area contributed by atoms with Crippen molar-refractivity contribution in [2.45, 2.75) is 19.9 Å². The maximum absolute atomic E-state index is 11.9. The summed E-state index contributed by atoms with van der Waals surface area (Å²) in [6, 6.07) is 4.20. The third kappa shape index (κ3) is 2.53. The van der Waals surface area contributed by atoms with Gasteiger partial charge >= 0.3 is 5.97 Å². The highest BCUT2D eigenvalue weighted by Crippen LogP contribution is 2.22. The van der Waals surface area contributed by atoms with E-state index in [1.54, 1.807) is 11.7 Å². The number of carboxylic acids is 1. The number of aromatic carboxylic acids is 1. The van der Waals surface area contributed by atoms with Crippen LogP contribution in [0.4, 0.5) is 0 Å². The van der Waals surface area contributed by atoms with E-state index in [4.69, 9.17) is 5.11 Å². The molecule has 0 saturated carbocycles. The van der Waals surface area contributed by atoms with E-state index in [1.165, 1.54) is 22.8 Å². The molecule has 6 nitrogen and oxygen atoms in total.